The molecule has 110 valence electrons. The highest BCUT2D eigenvalue weighted by Gasteiger charge is 2.18. The second-order valence-corrected chi connectivity index (χ2v) is 4.78. The average molecular weight is 282 g/mol. The normalized spacial score (nSPS) is 13.6. The van der Waals surface area contributed by atoms with Crippen molar-refractivity contribution in [1.82, 2.24) is 5.32 Å². The van der Waals surface area contributed by atoms with Gasteiger partial charge in [-0.3, -0.25) is 9.59 Å². The largest absolute Gasteiger partial charge is 0.481 e. The number of hydrogen-bond acceptors (Lipinski definition) is 3. The van der Waals surface area contributed by atoms with Gasteiger partial charge in [-0.1, -0.05) is 12.1 Å². The summed E-state index contributed by atoms with van der Waals surface area (Å²) in [6.07, 6.45) is -0.0989. The standard InChI is InChI=1S/C14H19FN2O3/c1-8-3-4-10(7-11(8)15)9(2)17-14(20)12(16)5-6-13(18)19/h3-4,7,9,12H,5-6,16H2,1-2H3,(H,17,20)(H,18,19). The maximum atomic E-state index is 13.4. The third kappa shape index (κ3) is 4.62. The van der Waals surface area contributed by atoms with Crippen molar-refractivity contribution in [3.63, 3.8) is 0 Å². The minimum Gasteiger partial charge on any atom is -0.481 e. The Bertz CT molecular complexity index is 505. The van der Waals surface area contributed by atoms with Crippen LogP contribution in [0.5, 0.6) is 0 Å². The Morgan fingerprint density at radius 1 is 1.45 bits per heavy atom. The molecule has 1 amide bonds. The first-order valence-electron chi connectivity index (χ1n) is 6.35. The molecular formula is C14H19FN2O3. The summed E-state index contributed by atoms with van der Waals surface area (Å²) >= 11 is 0. The predicted octanol–water partition coefficient (Wildman–Crippen LogP) is 1.50. The Kier molecular flexibility index (Phi) is 5.64. The van der Waals surface area contributed by atoms with E-state index in [2.05, 4.69) is 5.32 Å². The number of carboxylic acid groups (broad SMARTS) is 1. The molecule has 5 nitrogen and oxygen atoms in total. The smallest absolute Gasteiger partial charge is 0.303 e. The molecule has 0 aliphatic rings. The van der Waals surface area contributed by atoms with Crippen molar-refractivity contribution in [2.45, 2.75) is 38.8 Å². The lowest BCUT2D eigenvalue weighted by Crippen LogP contribution is -2.41. The fourth-order valence-electron chi connectivity index (χ4n) is 1.69. The number of amides is 1. The molecule has 1 aromatic carbocycles. The van der Waals surface area contributed by atoms with E-state index in [9.17, 15) is 14.0 Å². The summed E-state index contributed by atoms with van der Waals surface area (Å²) in [5.41, 5.74) is 6.76. The number of nitrogens with one attached hydrogen (secondary N) is 1. The topological polar surface area (TPSA) is 92.4 Å². The van der Waals surface area contributed by atoms with Crippen molar-refractivity contribution in [2.75, 3.05) is 0 Å². The molecule has 2 atom stereocenters. The van der Waals surface area contributed by atoms with E-state index >= 15 is 0 Å². The van der Waals surface area contributed by atoms with Crippen LogP contribution in [0.3, 0.4) is 0 Å². The molecule has 0 radical (unpaired) electrons. The first-order valence-corrected chi connectivity index (χ1v) is 6.35. The van der Waals surface area contributed by atoms with Gasteiger partial charge >= 0.3 is 5.97 Å². The fraction of sp³-hybridized carbons (Fsp3) is 0.429. The predicted molar refractivity (Wildman–Crippen MR) is 72.5 cm³/mol. The second kappa shape index (κ2) is 7.00. The van der Waals surface area contributed by atoms with Crippen LogP contribution in [0, 0.1) is 12.7 Å². The molecule has 0 spiro atoms. The van der Waals surface area contributed by atoms with Crippen molar-refractivity contribution < 1.29 is 19.1 Å². The number of carboxylic acids is 1. The highest BCUT2D eigenvalue weighted by atomic mass is 19.1. The van der Waals surface area contributed by atoms with Crippen LogP contribution in [0.2, 0.25) is 0 Å². The van der Waals surface area contributed by atoms with Gasteiger partial charge in [-0.2, -0.15) is 0 Å². The highest BCUT2D eigenvalue weighted by molar-refractivity contribution is 5.82. The molecule has 2 unspecified atom stereocenters. The van der Waals surface area contributed by atoms with Crippen LogP contribution < -0.4 is 11.1 Å². The summed E-state index contributed by atoms with van der Waals surface area (Å²) in [7, 11) is 0. The molecule has 0 fully saturated rings. The molecule has 6 heteroatoms. The minimum absolute atomic E-state index is 0.0656. The molecule has 0 aliphatic carbocycles. The number of benzene rings is 1. The van der Waals surface area contributed by atoms with Crippen LogP contribution in [-0.2, 0) is 9.59 Å². The number of nitrogens with two attached hydrogens (primary N) is 1. The van der Waals surface area contributed by atoms with Crippen LogP contribution >= 0.6 is 0 Å². The van der Waals surface area contributed by atoms with E-state index in [0.29, 0.717) is 11.1 Å². The fourth-order valence-corrected chi connectivity index (χ4v) is 1.69. The van der Waals surface area contributed by atoms with Crippen molar-refractivity contribution in [2.24, 2.45) is 5.73 Å². The molecule has 1 rings (SSSR count). The number of halogens is 1. The molecule has 0 saturated heterocycles. The molecule has 0 heterocycles. The Morgan fingerprint density at radius 3 is 2.65 bits per heavy atom. The summed E-state index contributed by atoms with van der Waals surface area (Å²) in [6.45, 7) is 3.37. The Balaban J connectivity index is 2.60. The Labute approximate surface area is 117 Å². The van der Waals surface area contributed by atoms with Crippen LogP contribution in [0.1, 0.15) is 36.9 Å². The maximum Gasteiger partial charge on any atom is 0.303 e. The third-order valence-corrected chi connectivity index (χ3v) is 3.06. The monoisotopic (exact) mass is 282 g/mol. The Morgan fingerprint density at radius 2 is 2.10 bits per heavy atom. The lowest BCUT2D eigenvalue weighted by molar-refractivity contribution is -0.137. The number of rotatable bonds is 6. The zero-order chi connectivity index (χ0) is 15.3. The van der Waals surface area contributed by atoms with E-state index in [1.807, 2.05) is 0 Å². The Hall–Kier alpha value is -1.95. The van der Waals surface area contributed by atoms with Gasteiger partial charge in [0.25, 0.3) is 0 Å². The second-order valence-electron chi connectivity index (χ2n) is 4.78. The summed E-state index contributed by atoms with van der Waals surface area (Å²) in [6, 6.07) is 3.45. The molecule has 0 aromatic heterocycles. The van der Waals surface area contributed by atoms with Gasteiger partial charge in [0.1, 0.15) is 5.82 Å². The van der Waals surface area contributed by atoms with Crippen molar-refractivity contribution >= 4 is 11.9 Å². The van der Waals surface area contributed by atoms with Gasteiger partial charge in [0.05, 0.1) is 12.1 Å². The average Bonchev–Trinajstić information content (AvgIpc) is 2.38. The minimum atomic E-state index is -0.998. The van der Waals surface area contributed by atoms with E-state index < -0.39 is 24.0 Å². The summed E-state index contributed by atoms with van der Waals surface area (Å²) < 4.78 is 13.4. The zero-order valence-electron chi connectivity index (χ0n) is 11.5. The maximum absolute atomic E-state index is 13.4. The van der Waals surface area contributed by atoms with Gasteiger partial charge in [-0.15, -0.1) is 0 Å². The van der Waals surface area contributed by atoms with Crippen molar-refractivity contribution in [3.8, 4) is 0 Å². The van der Waals surface area contributed by atoms with Crippen LogP contribution in [-0.4, -0.2) is 23.0 Å². The lowest BCUT2D eigenvalue weighted by atomic mass is 10.0. The van der Waals surface area contributed by atoms with E-state index in [1.54, 1.807) is 26.0 Å². The van der Waals surface area contributed by atoms with E-state index in [1.165, 1.54) is 6.07 Å². The molecule has 0 aliphatic heterocycles. The number of aryl methyl sites for hydroxylation is 1. The van der Waals surface area contributed by atoms with Gasteiger partial charge in [-0.05, 0) is 37.5 Å². The molecule has 20 heavy (non-hydrogen) atoms. The SMILES string of the molecule is Cc1ccc(C(C)NC(=O)C(N)CCC(=O)O)cc1F. The van der Waals surface area contributed by atoms with Crippen LogP contribution in [0.25, 0.3) is 0 Å². The molecular weight excluding hydrogens is 263 g/mol. The highest BCUT2D eigenvalue weighted by Crippen LogP contribution is 2.16. The van der Waals surface area contributed by atoms with Crippen molar-refractivity contribution in [3.05, 3.63) is 35.1 Å². The van der Waals surface area contributed by atoms with Gasteiger partial charge in [0, 0.05) is 6.42 Å². The molecule has 4 N–H and O–H groups in total. The number of carbonyl (C=O) groups excluding carboxylic acids is 1. The number of carbonyl (C=O) groups is 2. The van der Waals surface area contributed by atoms with E-state index in [-0.39, 0.29) is 18.7 Å². The van der Waals surface area contributed by atoms with Crippen LogP contribution in [0.15, 0.2) is 18.2 Å². The first kappa shape index (κ1) is 16.1. The van der Waals surface area contributed by atoms with E-state index in [4.69, 9.17) is 10.8 Å². The zero-order valence-corrected chi connectivity index (χ0v) is 11.5. The van der Waals surface area contributed by atoms with Gasteiger partial charge < -0.3 is 16.2 Å². The van der Waals surface area contributed by atoms with Gasteiger partial charge in [0.15, 0.2) is 0 Å². The number of hydrogen-bond donors (Lipinski definition) is 3. The quantitative estimate of drug-likeness (QED) is 0.737. The van der Waals surface area contributed by atoms with Crippen molar-refractivity contribution in [1.29, 1.82) is 0 Å². The molecule has 0 bridgehead atoms. The number of aliphatic carboxylic acids is 1. The molecule has 1 aromatic rings. The summed E-state index contributed by atoms with van der Waals surface area (Å²) in [4.78, 5) is 22.2. The summed E-state index contributed by atoms with van der Waals surface area (Å²) in [5.74, 6) is -1.78. The summed E-state index contributed by atoms with van der Waals surface area (Å²) in [5, 5.41) is 11.2. The molecule has 0 saturated carbocycles. The van der Waals surface area contributed by atoms with Gasteiger partial charge in [0.2, 0.25) is 5.91 Å². The lowest BCUT2D eigenvalue weighted by Gasteiger charge is -2.18. The van der Waals surface area contributed by atoms with Gasteiger partial charge in [-0.25, -0.2) is 4.39 Å². The van der Waals surface area contributed by atoms with E-state index in [0.717, 1.165) is 0 Å². The first-order chi connectivity index (χ1) is 9.31. The third-order valence-electron chi connectivity index (χ3n) is 3.06. The van der Waals surface area contributed by atoms with Crippen LogP contribution in [0.4, 0.5) is 4.39 Å².